The Morgan fingerprint density at radius 3 is 0.754 bits per heavy atom. The second kappa shape index (κ2) is 17.7. The van der Waals surface area contributed by atoms with Crippen LogP contribution in [-0.4, -0.2) is 43.1 Å². The van der Waals surface area contributed by atoms with E-state index in [9.17, 15) is 50.4 Å². The second-order valence-electron chi connectivity index (χ2n) is 10.8. The minimum Gasteiger partial charge on any atom is 2.00 e. The standard InChI is InChI=1S/2C17H15N3O.Co.2F6P/c2*1-2-21-13-11-16(14-7-3-5-9-18-14)20-17(12-13)15-8-4-6-10-19-15;;2*1-7(2,3,4,5)6/h2*3-12H,2H2,1H3;;;/q;;+2;2*-1. The van der Waals surface area contributed by atoms with E-state index in [1.54, 1.807) is 24.8 Å². The largest absolute Gasteiger partial charge is 2.00 e. The molecule has 0 saturated carbocycles. The normalized spacial score (nSPS) is 13.3. The van der Waals surface area contributed by atoms with Crippen molar-refractivity contribution in [2.24, 2.45) is 0 Å². The predicted octanol–water partition coefficient (Wildman–Crippen LogP) is 14.0. The molecule has 1 radical (unpaired) electrons. The van der Waals surface area contributed by atoms with E-state index in [-0.39, 0.29) is 16.8 Å². The van der Waals surface area contributed by atoms with Crippen molar-refractivity contribution in [2.75, 3.05) is 13.2 Å². The van der Waals surface area contributed by atoms with E-state index in [2.05, 4.69) is 29.9 Å². The number of ether oxygens (including phenoxy) is 2. The van der Waals surface area contributed by atoms with Gasteiger partial charge in [0.2, 0.25) is 0 Å². The van der Waals surface area contributed by atoms with Crippen LogP contribution in [0.3, 0.4) is 0 Å². The van der Waals surface area contributed by atoms with Gasteiger partial charge in [0.05, 0.1) is 58.8 Å². The van der Waals surface area contributed by atoms with Gasteiger partial charge in [0, 0.05) is 49.1 Å². The summed E-state index contributed by atoms with van der Waals surface area (Å²) in [4.78, 5) is 26.7. The summed E-state index contributed by atoms with van der Waals surface area (Å²) in [5.41, 5.74) is 6.38. The Morgan fingerprint density at radius 2 is 0.596 bits per heavy atom. The monoisotopic (exact) mass is 903 g/mol. The fourth-order valence-corrected chi connectivity index (χ4v) is 4.09. The molecule has 0 aromatic carbocycles. The van der Waals surface area contributed by atoms with Gasteiger partial charge in [0.1, 0.15) is 11.5 Å². The van der Waals surface area contributed by atoms with Crippen LogP contribution in [0.25, 0.3) is 45.6 Å². The van der Waals surface area contributed by atoms with Gasteiger partial charge in [0.15, 0.2) is 0 Å². The molecule has 0 N–H and O–H groups in total. The van der Waals surface area contributed by atoms with Crippen LogP contribution in [0.5, 0.6) is 11.5 Å². The van der Waals surface area contributed by atoms with E-state index in [0.717, 1.165) is 57.1 Å². The topological polar surface area (TPSA) is 95.8 Å². The van der Waals surface area contributed by atoms with Gasteiger partial charge in [-0.2, -0.15) is 0 Å². The molecule has 0 aliphatic rings. The minimum absolute atomic E-state index is 0. The molecule has 0 amide bonds. The molecule has 8 nitrogen and oxygen atoms in total. The predicted molar refractivity (Wildman–Crippen MR) is 191 cm³/mol. The number of pyridine rings is 6. The molecule has 0 unspecified atom stereocenters. The van der Waals surface area contributed by atoms with Crippen LogP contribution in [0.1, 0.15) is 13.8 Å². The maximum atomic E-state index is 9.87. The molecule has 0 spiro atoms. The molecule has 6 rings (SSSR count). The van der Waals surface area contributed by atoms with Crippen molar-refractivity contribution in [1.29, 1.82) is 0 Å². The van der Waals surface area contributed by atoms with Gasteiger partial charge in [-0.1, -0.05) is 24.3 Å². The molecular formula is C34H30CoF12N6O2P2. The maximum absolute atomic E-state index is 10.7. The Hall–Kier alpha value is -4.97. The summed E-state index contributed by atoms with van der Waals surface area (Å²) >= 11 is 0. The molecule has 311 valence electrons. The fourth-order valence-electron chi connectivity index (χ4n) is 4.09. The van der Waals surface area contributed by atoms with E-state index in [0.29, 0.717) is 13.2 Å². The van der Waals surface area contributed by atoms with Crippen LogP contribution in [0.4, 0.5) is 50.4 Å². The Bertz CT molecular complexity index is 1870. The molecule has 0 saturated heterocycles. The van der Waals surface area contributed by atoms with Crippen molar-refractivity contribution in [2.45, 2.75) is 13.8 Å². The number of hydrogen-bond donors (Lipinski definition) is 0. The smallest absolute Gasteiger partial charge is 2.00 e. The summed E-state index contributed by atoms with van der Waals surface area (Å²) in [5, 5.41) is 0. The summed E-state index contributed by atoms with van der Waals surface area (Å²) in [5.74, 6) is 1.54. The van der Waals surface area contributed by atoms with E-state index < -0.39 is 15.6 Å². The third kappa shape index (κ3) is 23.0. The molecule has 6 heterocycles. The third-order valence-corrected chi connectivity index (χ3v) is 5.93. The Morgan fingerprint density at radius 1 is 0.386 bits per heavy atom. The van der Waals surface area contributed by atoms with Gasteiger partial charge in [-0.05, 0) is 62.4 Å². The van der Waals surface area contributed by atoms with Crippen LogP contribution in [-0.2, 0) is 16.8 Å². The number of aromatic nitrogens is 6. The van der Waals surface area contributed by atoms with Crippen molar-refractivity contribution in [3.8, 4) is 57.1 Å². The van der Waals surface area contributed by atoms with Crippen LogP contribution in [0, 0.1) is 0 Å². The quantitative estimate of drug-likeness (QED) is 0.110. The summed E-state index contributed by atoms with van der Waals surface area (Å²) in [6.07, 6.45) is 7.02. The first kappa shape index (κ1) is 48.2. The Balaban J connectivity index is 0.000000293. The summed E-state index contributed by atoms with van der Waals surface area (Å²) < 4.78 is 130. The first-order chi connectivity index (χ1) is 25.6. The number of rotatable bonds is 8. The van der Waals surface area contributed by atoms with Gasteiger partial charge < -0.3 is 9.47 Å². The van der Waals surface area contributed by atoms with Gasteiger partial charge in [-0.3, -0.25) is 19.9 Å². The third-order valence-electron chi connectivity index (χ3n) is 5.93. The van der Waals surface area contributed by atoms with E-state index in [1.165, 1.54) is 0 Å². The van der Waals surface area contributed by atoms with Crippen LogP contribution < -0.4 is 9.47 Å². The Kier molecular flexibility index (Phi) is 14.9. The fraction of sp³-hybridized carbons (Fsp3) is 0.118. The van der Waals surface area contributed by atoms with Gasteiger partial charge in [-0.15, -0.1) is 0 Å². The molecule has 0 bridgehead atoms. The van der Waals surface area contributed by atoms with E-state index in [4.69, 9.17) is 9.47 Å². The summed E-state index contributed by atoms with van der Waals surface area (Å²) in [6, 6.07) is 30.6. The molecule has 0 aliphatic carbocycles. The zero-order chi connectivity index (χ0) is 41.8. The molecule has 57 heavy (non-hydrogen) atoms. The molecule has 0 atom stereocenters. The molecule has 23 heteroatoms. The van der Waals surface area contributed by atoms with Crippen molar-refractivity contribution in [3.05, 3.63) is 122 Å². The maximum Gasteiger partial charge on any atom is 2.00 e. The van der Waals surface area contributed by atoms with Gasteiger partial charge in [-0.25, -0.2) is 9.97 Å². The van der Waals surface area contributed by atoms with Crippen molar-refractivity contribution in [3.63, 3.8) is 0 Å². The summed E-state index contributed by atoms with van der Waals surface area (Å²) in [7, 11) is -21.3. The first-order valence-electron chi connectivity index (χ1n) is 15.7. The van der Waals surface area contributed by atoms with Crippen molar-refractivity contribution in [1.82, 2.24) is 29.9 Å². The molecular weight excluding hydrogens is 873 g/mol. The molecule has 6 aromatic heterocycles. The number of halogens is 12. The van der Waals surface area contributed by atoms with Crippen LogP contribution in [0.15, 0.2) is 122 Å². The van der Waals surface area contributed by atoms with Crippen molar-refractivity contribution < 1.29 is 76.6 Å². The summed E-state index contributed by atoms with van der Waals surface area (Å²) in [6.45, 7) is 5.13. The minimum atomic E-state index is -10.7. The van der Waals surface area contributed by atoms with Gasteiger partial charge >= 0.3 is 82.8 Å². The molecule has 0 fully saturated rings. The Labute approximate surface area is 327 Å². The average Bonchev–Trinajstić information content (AvgIpc) is 3.11. The molecule has 0 aliphatic heterocycles. The zero-order valence-electron chi connectivity index (χ0n) is 29.2. The van der Waals surface area contributed by atoms with E-state index in [1.807, 2.05) is 111 Å². The van der Waals surface area contributed by atoms with Crippen LogP contribution >= 0.6 is 15.6 Å². The number of hydrogen-bond acceptors (Lipinski definition) is 8. The average molecular weight is 904 g/mol. The van der Waals surface area contributed by atoms with Crippen molar-refractivity contribution >= 4 is 15.6 Å². The van der Waals surface area contributed by atoms with Gasteiger partial charge in [0.25, 0.3) is 0 Å². The first-order valence-corrected chi connectivity index (χ1v) is 19.8. The molecule has 6 aromatic rings. The van der Waals surface area contributed by atoms with Crippen LogP contribution in [0.2, 0.25) is 0 Å². The zero-order valence-corrected chi connectivity index (χ0v) is 32.1. The SMILES string of the molecule is CCOc1cc(-c2ccccn2)nc(-c2ccccn2)c1.CCOc1cc(-c2ccccn2)nc(-c2ccccn2)c1.F[P-](F)(F)(F)(F)F.F[P-](F)(F)(F)(F)F.[Co+2]. The number of nitrogens with zero attached hydrogens (tertiary/aromatic N) is 6. The van der Waals surface area contributed by atoms with E-state index >= 15 is 0 Å². The second-order valence-corrected chi connectivity index (χ2v) is 14.6.